The molecule has 0 bridgehead atoms. The molecule has 2 rings (SSSR count). The summed E-state index contributed by atoms with van der Waals surface area (Å²) >= 11 is 1.33. The van der Waals surface area contributed by atoms with Crippen molar-refractivity contribution in [3.63, 3.8) is 0 Å². The lowest BCUT2D eigenvalue weighted by Crippen LogP contribution is -2.23. The average molecular weight is 307 g/mol. The van der Waals surface area contributed by atoms with Gasteiger partial charge >= 0.3 is 0 Å². The molecule has 7 nitrogen and oxygen atoms in total. The number of nitrogens with two attached hydrogens (primary N) is 1. The number of anilines is 2. The van der Waals surface area contributed by atoms with Crippen LogP contribution in [0.5, 0.6) is 5.75 Å². The number of nitrogens with zero attached hydrogens (tertiary/aromatic N) is 3. The number of nitrogen functional groups attached to an aromatic ring is 1. The van der Waals surface area contributed by atoms with Gasteiger partial charge in [0.1, 0.15) is 12.1 Å². The lowest BCUT2D eigenvalue weighted by molar-refractivity contribution is -0.115. The molecule has 0 saturated heterocycles. The maximum absolute atomic E-state index is 12.2. The van der Waals surface area contributed by atoms with Crippen LogP contribution in [0.25, 0.3) is 0 Å². The molecule has 1 atom stereocenters. The summed E-state index contributed by atoms with van der Waals surface area (Å²) in [6.45, 7) is 1.80. The third-order valence-corrected chi connectivity index (χ3v) is 3.95. The Labute approximate surface area is 126 Å². The van der Waals surface area contributed by atoms with Crippen LogP contribution < -0.4 is 15.8 Å². The Bertz CT molecular complexity index is 643. The summed E-state index contributed by atoms with van der Waals surface area (Å²) in [5.74, 6) is 0.403. The number of rotatable bonds is 5. The standard InChI is InChI=1S/C13H17N5O2S/c1-8(21-13-15-7-16-18(13)2)12(19)17-10-6-9(14)4-5-11(10)20-3/h4-8H,14H2,1-3H3,(H,17,19). The molecule has 1 amide bonds. The molecule has 0 aliphatic heterocycles. The summed E-state index contributed by atoms with van der Waals surface area (Å²) in [6.07, 6.45) is 1.45. The Morgan fingerprint density at radius 1 is 1.52 bits per heavy atom. The minimum absolute atomic E-state index is 0.160. The number of ether oxygens (including phenoxy) is 1. The predicted molar refractivity (Wildman–Crippen MR) is 82.4 cm³/mol. The van der Waals surface area contributed by atoms with Crippen LogP contribution in [0.1, 0.15) is 6.92 Å². The maximum atomic E-state index is 12.2. The van der Waals surface area contributed by atoms with Crippen LogP contribution in [-0.4, -0.2) is 33.0 Å². The number of aryl methyl sites for hydroxylation is 1. The van der Waals surface area contributed by atoms with Crippen molar-refractivity contribution in [2.75, 3.05) is 18.2 Å². The molecule has 1 unspecified atom stereocenters. The van der Waals surface area contributed by atoms with Gasteiger partial charge in [0.2, 0.25) is 5.91 Å². The Hall–Kier alpha value is -2.22. The molecule has 1 heterocycles. The third-order valence-electron chi connectivity index (χ3n) is 2.80. The highest BCUT2D eigenvalue weighted by molar-refractivity contribution is 8.00. The minimum Gasteiger partial charge on any atom is -0.495 e. The van der Waals surface area contributed by atoms with Gasteiger partial charge in [0, 0.05) is 12.7 Å². The van der Waals surface area contributed by atoms with Crippen molar-refractivity contribution in [3.8, 4) is 5.75 Å². The van der Waals surface area contributed by atoms with E-state index in [1.54, 1.807) is 44.0 Å². The topological polar surface area (TPSA) is 95.1 Å². The molecule has 0 radical (unpaired) electrons. The summed E-state index contributed by atoms with van der Waals surface area (Å²) in [7, 11) is 3.32. The lowest BCUT2D eigenvalue weighted by Gasteiger charge is -2.14. The fraction of sp³-hybridized carbons (Fsp3) is 0.308. The van der Waals surface area contributed by atoms with Crippen LogP contribution in [0.15, 0.2) is 29.7 Å². The Morgan fingerprint density at radius 3 is 2.90 bits per heavy atom. The van der Waals surface area contributed by atoms with Crippen LogP contribution in [-0.2, 0) is 11.8 Å². The van der Waals surface area contributed by atoms with E-state index < -0.39 is 0 Å². The van der Waals surface area contributed by atoms with E-state index >= 15 is 0 Å². The van der Waals surface area contributed by atoms with E-state index in [2.05, 4.69) is 15.4 Å². The van der Waals surface area contributed by atoms with Crippen LogP contribution in [0, 0.1) is 0 Å². The predicted octanol–water partition coefficient (Wildman–Crippen LogP) is 1.53. The Kier molecular flexibility index (Phi) is 4.69. The number of carbonyl (C=O) groups is 1. The number of hydrogen-bond donors (Lipinski definition) is 2. The van der Waals surface area contributed by atoms with E-state index in [0.29, 0.717) is 22.3 Å². The van der Waals surface area contributed by atoms with Crippen molar-refractivity contribution in [1.29, 1.82) is 0 Å². The highest BCUT2D eigenvalue weighted by Gasteiger charge is 2.18. The maximum Gasteiger partial charge on any atom is 0.237 e. The van der Waals surface area contributed by atoms with Gasteiger partial charge in [-0.15, -0.1) is 0 Å². The largest absolute Gasteiger partial charge is 0.495 e. The van der Waals surface area contributed by atoms with E-state index in [1.807, 2.05) is 0 Å². The number of thioether (sulfide) groups is 1. The van der Waals surface area contributed by atoms with Crippen molar-refractivity contribution in [3.05, 3.63) is 24.5 Å². The smallest absolute Gasteiger partial charge is 0.237 e. The molecular formula is C13H17N5O2S. The highest BCUT2D eigenvalue weighted by atomic mass is 32.2. The van der Waals surface area contributed by atoms with Crippen LogP contribution >= 0.6 is 11.8 Å². The molecular weight excluding hydrogens is 290 g/mol. The lowest BCUT2D eigenvalue weighted by atomic mass is 10.2. The first-order valence-corrected chi connectivity index (χ1v) is 7.14. The van der Waals surface area contributed by atoms with Gasteiger partial charge in [0.15, 0.2) is 5.16 Å². The van der Waals surface area contributed by atoms with Gasteiger partial charge in [-0.3, -0.25) is 4.79 Å². The van der Waals surface area contributed by atoms with Crippen molar-refractivity contribution in [1.82, 2.24) is 14.8 Å². The first-order valence-electron chi connectivity index (χ1n) is 6.26. The quantitative estimate of drug-likeness (QED) is 0.642. The van der Waals surface area contributed by atoms with Crippen LogP contribution in [0.3, 0.4) is 0 Å². The van der Waals surface area contributed by atoms with E-state index in [4.69, 9.17) is 10.5 Å². The summed E-state index contributed by atoms with van der Waals surface area (Å²) in [4.78, 5) is 16.3. The number of nitrogens with one attached hydrogen (secondary N) is 1. The zero-order valence-electron chi connectivity index (χ0n) is 12.0. The van der Waals surface area contributed by atoms with Crippen LogP contribution in [0.2, 0.25) is 0 Å². The van der Waals surface area contributed by atoms with E-state index in [-0.39, 0.29) is 11.2 Å². The van der Waals surface area contributed by atoms with E-state index in [9.17, 15) is 4.79 Å². The molecule has 1 aromatic carbocycles. The third kappa shape index (κ3) is 3.66. The monoisotopic (exact) mass is 307 g/mol. The van der Waals surface area contributed by atoms with Crippen molar-refractivity contribution in [2.45, 2.75) is 17.3 Å². The van der Waals surface area contributed by atoms with Gasteiger partial charge < -0.3 is 15.8 Å². The van der Waals surface area contributed by atoms with Crippen molar-refractivity contribution in [2.24, 2.45) is 7.05 Å². The summed E-state index contributed by atoms with van der Waals surface area (Å²) in [6, 6.07) is 5.09. The fourth-order valence-electron chi connectivity index (χ4n) is 1.66. The number of benzene rings is 1. The molecule has 21 heavy (non-hydrogen) atoms. The molecule has 0 fully saturated rings. The van der Waals surface area contributed by atoms with E-state index in [0.717, 1.165) is 0 Å². The van der Waals surface area contributed by atoms with Crippen LogP contribution in [0.4, 0.5) is 11.4 Å². The summed E-state index contributed by atoms with van der Waals surface area (Å²) in [5, 5.41) is 7.12. The SMILES string of the molecule is COc1ccc(N)cc1NC(=O)C(C)Sc1ncnn1C. The number of hydrogen-bond acceptors (Lipinski definition) is 6. The molecule has 1 aromatic heterocycles. The molecule has 0 aliphatic carbocycles. The molecule has 0 spiro atoms. The van der Waals surface area contributed by atoms with Crippen molar-refractivity contribution >= 4 is 29.0 Å². The number of methoxy groups -OCH3 is 1. The number of amides is 1. The Balaban J connectivity index is 2.07. The normalized spacial score (nSPS) is 12.0. The first kappa shape index (κ1) is 15.2. The fourth-order valence-corrected chi connectivity index (χ4v) is 2.45. The number of aromatic nitrogens is 3. The van der Waals surface area contributed by atoms with E-state index in [1.165, 1.54) is 18.1 Å². The molecule has 112 valence electrons. The molecule has 3 N–H and O–H groups in total. The zero-order valence-corrected chi connectivity index (χ0v) is 12.8. The second-order valence-corrected chi connectivity index (χ2v) is 5.68. The zero-order chi connectivity index (χ0) is 15.4. The van der Waals surface area contributed by atoms with Gasteiger partial charge in [-0.05, 0) is 25.1 Å². The summed E-state index contributed by atoms with van der Waals surface area (Å²) < 4.78 is 6.82. The molecule has 2 aromatic rings. The molecule has 0 aliphatic rings. The van der Waals surface area contributed by atoms with Gasteiger partial charge in [-0.2, -0.15) is 5.10 Å². The second kappa shape index (κ2) is 6.49. The van der Waals surface area contributed by atoms with Gasteiger partial charge in [-0.25, -0.2) is 9.67 Å². The summed E-state index contributed by atoms with van der Waals surface area (Å²) in [5.41, 5.74) is 6.83. The van der Waals surface area contributed by atoms with Crippen molar-refractivity contribution < 1.29 is 9.53 Å². The average Bonchev–Trinajstić information content (AvgIpc) is 2.84. The highest BCUT2D eigenvalue weighted by Crippen LogP contribution is 2.28. The molecule has 8 heteroatoms. The first-order chi connectivity index (χ1) is 10.0. The second-order valence-electron chi connectivity index (χ2n) is 4.38. The number of carbonyl (C=O) groups excluding carboxylic acids is 1. The Morgan fingerprint density at radius 2 is 2.29 bits per heavy atom. The van der Waals surface area contributed by atoms with Gasteiger partial charge in [0.05, 0.1) is 18.0 Å². The minimum atomic E-state index is -0.334. The van der Waals surface area contributed by atoms with Gasteiger partial charge in [0.25, 0.3) is 0 Å². The molecule has 0 saturated carbocycles. The van der Waals surface area contributed by atoms with Gasteiger partial charge in [-0.1, -0.05) is 11.8 Å².